The quantitative estimate of drug-likeness (QED) is 0.0831. The van der Waals surface area contributed by atoms with Crippen molar-refractivity contribution in [2.45, 2.75) is 39.0 Å². The van der Waals surface area contributed by atoms with Gasteiger partial charge >= 0.3 is 0 Å². The summed E-state index contributed by atoms with van der Waals surface area (Å²) in [5.74, 6) is 2.76. The highest BCUT2D eigenvalue weighted by atomic mass is 16.5. The first-order valence-corrected chi connectivity index (χ1v) is 17.9. The van der Waals surface area contributed by atoms with E-state index in [1.807, 2.05) is 60.9 Å². The monoisotopic (exact) mass is 705 g/mol. The zero-order chi connectivity index (χ0) is 36.1. The van der Waals surface area contributed by atoms with Gasteiger partial charge in [-0.25, -0.2) is 9.36 Å². The summed E-state index contributed by atoms with van der Waals surface area (Å²) in [6.45, 7) is 5.97. The van der Waals surface area contributed by atoms with E-state index >= 15 is 0 Å². The average Bonchev–Trinajstić information content (AvgIpc) is 3.87. The van der Waals surface area contributed by atoms with E-state index in [1.54, 1.807) is 9.36 Å². The van der Waals surface area contributed by atoms with Gasteiger partial charge in [0.15, 0.2) is 0 Å². The minimum atomic E-state index is 0.507. The van der Waals surface area contributed by atoms with Gasteiger partial charge in [-0.3, -0.25) is 0 Å². The van der Waals surface area contributed by atoms with Crippen molar-refractivity contribution in [1.29, 1.82) is 0 Å². The van der Waals surface area contributed by atoms with Crippen LogP contribution in [0.5, 0.6) is 23.0 Å². The third-order valence-electron chi connectivity index (χ3n) is 8.30. The Morgan fingerprint density at radius 2 is 0.904 bits per heavy atom. The molecule has 0 radical (unpaired) electrons. The third-order valence-corrected chi connectivity index (χ3v) is 8.30. The second kappa shape index (κ2) is 18.1. The van der Waals surface area contributed by atoms with Crippen LogP contribution < -0.4 is 36.1 Å². The topological polar surface area (TPSA) is 176 Å². The maximum absolute atomic E-state index is 6.02. The van der Waals surface area contributed by atoms with E-state index in [0.717, 1.165) is 82.5 Å². The second-order valence-electron chi connectivity index (χ2n) is 12.4. The first-order valence-electron chi connectivity index (χ1n) is 17.9. The normalized spacial score (nSPS) is 11.2. The Balaban J connectivity index is 1.24. The van der Waals surface area contributed by atoms with Gasteiger partial charge in [-0.05, 0) is 68.2 Å². The first-order chi connectivity index (χ1) is 25.6. The van der Waals surface area contributed by atoms with E-state index in [9.17, 15) is 0 Å². The molecule has 52 heavy (non-hydrogen) atoms. The number of unbranched alkanes of at least 4 members (excludes halogenated alkanes) is 1. The van der Waals surface area contributed by atoms with E-state index in [1.165, 1.54) is 0 Å². The van der Waals surface area contributed by atoms with Crippen LogP contribution in [-0.2, 0) is 0 Å². The van der Waals surface area contributed by atoms with Gasteiger partial charge in [0.2, 0.25) is 0 Å². The SMILES string of the molecule is CCCCOc1cc(OCCCN)cc(-n2cc(-c3ccc4ccc(-c5cn(-c6cc(OCCCN)cc(OCCCN)c6)nn5)cc4c3)nn2)c1. The standard InChI is InChI=1S/C39H47N9O4/c1-2-3-14-49-34-20-32(21-35(24-34)50-15-4-11-40)47-26-38(43-45-47)29-9-7-28-8-10-30(19-31(28)18-29)39-27-48(46-44-39)33-22-36(51-16-5-12-41)25-37(23-33)52-17-6-13-42/h7-10,18-27H,2-6,11-17,40-42H2,1H3. The Kier molecular flexibility index (Phi) is 12.7. The molecule has 0 atom stereocenters. The van der Waals surface area contributed by atoms with Gasteiger partial charge in [0.25, 0.3) is 0 Å². The minimum absolute atomic E-state index is 0.507. The summed E-state index contributed by atoms with van der Waals surface area (Å²) in [6.07, 6.45) is 8.08. The van der Waals surface area contributed by atoms with Crippen LogP contribution in [0.1, 0.15) is 39.0 Å². The summed E-state index contributed by atoms with van der Waals surface area (Å²) in [6, 6.07) is 23.9. The molecule has 4 aromatic carbocycles. The number of benzene rings is 4. The number of ether oxygens (including phenoxy) is 4. The van der Waals surface area contributed by atoms with Crippen LogP contribution in [0.15, 0.2) is 85.2 Å². The molecule has 2 heterocycles. The molecular weight excluding hydrogens is 658 g/mol. The summed E-state index contributed by atoms with van der Waals surface area (Å²) in [5.41, 5.74) is 21.9. The molecular formula is C39H47N9O4. The fourth-order valence-corrected chi connectivity index (χ4v) is 5.48. The molecule has 6 aromatic rings. The van der Waals surface area contributed by atoms with Gasteiger partial charge in [0.05, 0.1) is 50.2 Å². The van der Waals surface area contributed by atoms with Crippen LogP contribution in [0.25, 0.3) is 44.7 Å². The van der Waals surface area contributed by atoms with Gasteiger partial charge in [0, 0.05) is 47.5 Å². The lowest BCUT2D eigenvalue weighted by molar-refractivity contribution is 0.295. The molecule has 2 aromatic heterocycles. The van der Waals surface area contributed by atoms with E-state index in [2.05, 4.69) is 51.8 Å². The van der Waals surface area contributed by atoms with Crippen molar-refractivity contribution in [2.75, 3.05) is 46.1 Å². The highest BCUT2D eigenvalue weighted by molar-refractivity contribution is 5.90. The molecule has 0 aliphatic carbocycles. The van der Waals surface area contributed by atoms with Crippen LogP contribution in [0.3, 0.4) is 0 Å². The number of nitrogens with two attached hydrogens (primary N) is 3. The molecule has 0 bridgehead atoms. The molecule has 0 fully saturated rings. The number of hydrogen-bond donors (Lipinski definition) is 3. The lowest BCUT2D eigenvalue weighted by atomic mass is 10.0. The lowest BCUT2D eigenvalue weighted by Crippen LogP contribution is -2.08. The fourth-order valence-electron chi connectivity index (χ4n) is 5.48. The van der Waals surface area contributed by atoms with Gasteiger partial charge in [-0.2, -0.15) is 0 Å². The number of nitrogens with zero attached hydrogens (tertiary/aromatic N) is 6. The molecule has 6 rings (SSSR count). The van der Waals surface area contributed by atoms with Gasteiger partial charge in [-0.1, -0.05) is 48.0 Å². The summed E-state index contributed by atoms with van der Waals surface area (Å²) in [5, 5.41) is 20.0. The summed E-state index contributed by atoms with van der Waals surface area (Å²) < 4.78 is 27.3. The lowest BCUT2D eigenvalue weighted by Gasteiger charge is -2.12. The minimum Gasteiger partial charge on any atom is -0.493 e. The van der Waals surface area contributed by atoms with Crippen molar-refractivity contribution >= 4 is 10.8 Å². The van der Waals surface area contributed by atoms with Crippen molar-refractivity contribution in [3.05, 3.63) is 85.2 Å². The maximum atomic E-state index is 6.02. The Hall–Kier alpha value is -5.50. The molecule has 0 spiro atoms. The second-order valence-corrected chi connectivity index (χ2v) is 12.4. The zero-order valence-corrected chi connectivity index (χ0v) is 29.6. The number of hydrogen-bond acceptors (Lipinski definition) is 11. The predicted octanol–water partition coefficient (Wildman–Crippen LogP) is 5.70. The molecule has 0 amide bonds. The number of rotatable bonds is 20. The highest BCUT2D eigenvalue weighted by Crippen LogP contribution is 2.31. The molecule has 0 aliphatic heterocycles. The Bertz CT molecular complexity index is 1850. The zero-order valence-electron chi connectivity index (χ0n) is 29.6. The Morgan fingerprint density at radius 1 is 0.500 bits per heavy atom. The third kappa shape index (κ3) is 9.43. The van der Waals surface area contributed by atoms with Gasteiger partial charge in [0.1, 0.15) is 34.4 Å². The van der Waals surface area contributed by atoms with E-state index in [0.29, 0.717) is 63.3 Å². The van der Waals surface area contributed by atoms with Crippen LogP contribution in [0.2, 0.25) is 0 Å². The molecule has 0 saturated carbocycles. The predicted molar refractivity (Wildman–Crippen MR) is 203 cm³/mol. The van der Waals surface area contributed by atoms with Gasteiger partial charge in [-0.15, -0.1) is 10.2 Å². The average molecular weight is 706 g/mol. The van der Waals surface area contributed by atoms with E-state index < -0.39 is 0 Å². The molecule has 6 N–H and O–H groups in total. The molecule has 13 nitrogen and oxygen atoms in total. The van der Waals surface area contributed by atoms with Crippen LogP contribution in [0, 0.1) is 0 Å². The Labute approximate surface area is 303 Å². The highest BCUT2D eigenvalue weighted by Gasteiger charge is 2.13. The smallest absolute Gasteiger partial charge is 0.125 e. The summed E-state index contributed by atoms with van der Waals surface area (Å²) in [4.78, 5) is 0. The molecule has 13 heteroatoms. The Morgan fingerprint density at radius 3 is 1.29 bits per heavy atom. The van der Waals surface area contributed by atoms with Crippen molar-refractivity contribution in [1.82, 2.24) is 30.0 Å². The van der Waals surface area contributed by atoms with Crippen molar-refractivity contribution in [3.8, 4) is 56.9 Å². The molecule has 0 unspecified atom stereocenters. The summed E-state index contributed by atoms with van der Waals surface area (Å²) >= 11 is 0. The van der Waals surface area contributed by atoms with Crippen molar-refractivity contribution < 1.29 is 18.9 Å². The maximum Gasteiger partial charge on any atom is 0.125 e. The number of aromatic nitrogens is 6. The molecule has 0 saturated heterocycles. The van der Waals surface area contributed by atoms with E-state index in [-0.39, 0.29) is 0 Å². The fraction of sp³-hybridized carbons (Fsp3) is 0.333. The van der Waals surface area contributed by atoms with Crippen molar-refractivity contribution in [2.24, 2.45) is 17.2 Å². The number of fused-ring (bicyclic) bond motifs is 1. The van der Waals surface area contributed by atoms with Crippen molar-refractivity contribution in [3.63, 3.8) is 0 Å². The van der Waals surface area contributed by atoms with E-state index in [4.69, 9.17) is 36.1 Å². The van der Waals surface area contributed by atoms with Crippen LogP contribution in [-0.4, -0.2) is 76.0 Å². The van der Waals surface area contributed by atoms with Gasteiger partial charge < -0.3 is 36.1 Å². The van der Waals surface area contributed by atoms with Crippen LogP contribution >= 0.6 is 0 Å². The molecule has 272 valence electrons. The van der Waals surface area contributed by atoms with Crippen LogP contribution in [0.4, 0.5) is 0 Å². The first kappa shape index (κ1) is 36.3. The summed E-state index contributed by atoms with van der Waals surface area (Å²) in [7, 11) is 0. The largest absolute Gasteiger partial charge is 0.493 e. The molecule has 0 aliphatic rings.